The Bertz CT molecular complexity index is 647. The molecule has 0 unspecified atom stereocenters. The number of benzene rings is 1. The van der Waals surface area contributed by atoms with E-state index in [1.807, 2.05) is 0 Å². The molecule has 0 fully saturated rings. The van der Waals surface area contributed by atoms with Gasteiger partial charge in [-0.1, -0.05) is 11.6 Å². The molecule has 0 spiro atoms. The Balaban J connectivity index is 2.57. The second-order valence-electron chi connectivity index (χ2n) is 4.10. The van der Waals surface area contributed by atoms with E-state index in [4.69, 9.17) is 21.8 Å². The number of rotatable bonds is 6. The molecule has 0 radical (unpaired) electrons. The van der Waals surface area contributed by atoms with Crippen molar-refractivity contribution in [1.82, 2.24) is 5.32 Å². The van der Waals surface area contributed by atoms with Crippen LogP contribution in [0.25, 0.3) is 0 Å². The first kappa shape index (κ1) is 17.2. The highest BCUT2D eigenvalue weighted by atomic mass is 35.5. The van der Waals surface area contributed by atoms with Gasteiger partial charge in [0.05, 0.1) is 17.0 Å². The van der Waals surface area contributed by atoms with Gasteiger partial charge < -0.3 is 15.7 Å². The van der Waals surface area contributed by atoms with Crippen LogP contribution >= 0.6 is 11.6 Å². The zero-order chi connectivity index (χ0) is 16.0. The largest absolute Gasteiger partial charge is 0.478 e. The Kier molecular flexibility index (Phi) is 5.94. The number of sulfonamides is 1. The van der Waals surface area contributed by atoms with Crippen LogP contribution in [0.1, 0.15) is 16.8 Å². The van der Waals surface area contributed by atoms with Gasteiger partial charge in [-0.2, -0.15) is 0 Å². The number of carboxylic acid groups (broad SMARTS) is 1. The van der Waals surface area contributed by atoms with E-state index in [2.05, 4.69) is 10.6 Å². The molecule has 0 heterocycles. The normalized spacial score (nSPS) is 11.0. The van der Waals surface area contributed by atoms with Crippen LogP contribution in [0.15, 0.2) is 18.2 Å². The van der Waals surface area contributed by atoms with Crippen molar-refractivity contribution in [2.45, 2.75) is 6.42 Å². The van der Waals surface area contributed by atoms with E-state index in [-0.39, 0.29) is 35.0 Å². The van der Waals surface area contributed by atoms with Crippen LogP contribution in [-0.4, -0.2) is 37.8 Å². The maximum atomic E-state index is 11.6. The molecular formula is C11H14ClN3O5S. The quantitative estimate of drug-likeness (QED) is 0.570. The number of hydrogen-bond donors (Lipinski definition) is 4. The number of halogens is 1. The number of urea groups is 1. The van der Waals surface area contributed by atoms with Gasteiger partial charge in [0.1, 0.15) is 0 Å². The average Bonchev–Trinajstić information content (AvgIpc) is 2.35. The molecule has 1 aromatic rings. The van der Waals surface area contributed by atoms with E-state index in [1.54, 1.807) is 0 Å². The predicted octanol–water partition coefficient (Wildman–Crippen LogP) is 0.838. The number of primary sulfonamides is 1. The zero-order valence-electron chi connectivity index (χ0n) is 10.8. The lowest BCUT2D eigenvalue weighted by Crippen LogP contribution is -2.31. The molecule has 8 nitrogen and oxygen atoms in total. The summed E-state index contributed by atoms with van der Waals surface area (Å²) < 4.78 is 21.4. The summed E-state index contributed by atoms with van der Waals surface area (Å²) in [5.74, 6) is -1.49. The number of carbonyl (C=O) groups excluding carboxylic acids is 1. The van der Waals surface area contributed by atoms with Gasteiger partial charge in [-0.25, -0.2) is 23.1 Å². The summed E-state index contributed by atoms with van der Waals surface area (Å²) in [7, 11) is -3.57. The molecule has 0 aliphatic rings. The molecule has 0 aromatic heterocycles. The van der Waals surface area contributed by atoms with Crippen LogP contribution < -0.4 is 15.8 Å². The number of amides is 2. The first-order valence-corrected chi connectivity index (χ1v) is 7.86. The van der Waals surface area contributed by atoms with Crippen LogP contribution in [0.5, 0.6) is 0 Å². The Labute approximate surface area is 126 Å². The van der Waals surface area contributed by atoms with E-state index in [9.17, 15) is 18.0 Å². The van der Waals surface area contributed by atoms with E-state index < -0.39 is 22.0 Å². The van der Waals surface area contributed by atoms with Gasteiger partial charge in [-0.15, -0.1) is 0 Å². The van der Waals surface area contributed by atoms with E-state index in [0.29, 0.717) is 0 Å². The smallest absolute Gasteiger partial charge is 0.337 e. The molecule has 0 atom stereocenters. The molecule has 10 heteroatoms. The molecule has 5 N–H and O–H groups in total. The maximum absolute atomic E-state index is 11.6. The van der Waals surface area contributed by atoms with Crippen molar-refractivity contribution in [2.75, 3.05) is 17.6 Å². The topological polar surface area (TPSA) is 139 Å². The molecule has 0 aliphatic heterocycles. The Morgan fingerprint density at radius 1 is 1.33 bits per heavy atom. The maximum Gasteiger partial charge on any atom is 0.337 e. The minimum atomic E-state index is -3.57. The third-order valence-electron chi connectivity index (χ3n) is 2.35. The van der Waals surface area contributed by atoms with Crippen molar-refractivity contribution in [3.8, 4) is 0 Å². The van der Waals surface area contributed by atoms with Gasteiger partial charge in [0.15, 0.2) is 0 Å². The molecule has 1 rings (SSSR count). The number of carboxylic acids is 1. The summed E-state index contributed by atoms with van der Waals surface area (Å²) in [4.78, 5) is 22.6. The van der Waals surface area contributed by atoms with Gasteiger partial charge in [-0.3, -0.25) is 0 Å². The van der Waals surface area contributed by atoms with E-state index >= 15 is 0 Å². The number of nitrogens with one attached hydrogen (secondary N) is 2. The van der Waals surface area contributed by atoms with Gasteiger partial charge in [0.25, 0.3) is 0 Å². The lowest BCUT2D eigenvalue weighted by Gasteiger charge is -2.10. The number of nitrogens with two attached hydrogens (primary N) is 1. The highest BCUT2D eigenvalue weighted by molar-refractivity contribution is 7.89. The molecule has 0 aliphatic carbocycles. The number of hydrogen-bond acceptors (Lipinski definition) is 4. The standard InChI is InChI=1S/C11H14ClN3O5S/c12-7-2-3-9(8(6-7)10(16)17)15-11(18)14-4-1-5-21(13,19)20/h2-3,6H,1,4-5H2,(H,16,17)(H2,13,19,20)(H2,14,15,18). The average molecular weight is 336 g/mol. The van der Waals surface area contributed by atoms with Crippen molar-refractivity contribution in [2.24, 2.45) is 5.14 Å². The van der Waals surface area contributed by atoms with Crippen molar-refractivity contribution in [3.63, 3.8) is 0 Å². The first-order valence-electron chi connectivity index (χ1n) is 5.77. The van der Waals surface area contributed by atoms with Crippen molar-refractivity contribution < 1.29 is 23.1 Å². The summed E-state index contributed by atoms with van der Waals surface area (Å²) in [5, 5.41) is 18.8. The predicted molar refractivity (Wildman–Crippen MR) is 78.0 cm³/mol. The molecule has 116 valence electrons. The fraction of sp³-hybridized carbons (Fsp3) is 0.273. The van der Waals surface area contributed by atoms with Crippen LogP contribution in [0.3, 0.4) is 0 Å². The third-order valence-corrected chi connectivity index (χ3v) is 3.44. The minimum absolute atomic E-state index is 0.0795. The summed E-state index contributed by atoms with van der Waals surface area (Å²) in [6.45, 7) is 0.0816. The van der Waals surface area contributed by atoms with E-state index in [1.165, 1.54) is 18.2 Å². The molecule has 0 saturated carbocycles. The van der Waals surface area contributed by atoms with E-state index in [0.717, 1.165) is 0 Å². The summed E-state index contributed by atoms with van der Waals surface area (Å²) in [6.07, 6.45) is 0.151. The lowest BCUT2D eigenvalue weighted by molar-refractivity contribution is 0.0698. The molecule has 1 aromatic carbocycles. The zero-order valence-corrected chi connectivity index (χ0v) is 12.4. The molecule has 0 saturated heterocycles. The number of anilines is 1. The van der Waals surface area contributed by atoms with Gasteiger partial charge in [-0.05, 0) is 24.6 Å². The van der Waals surface area contributed by atoms with Crippen LogP contribution in [0.4, 0.5) is 10.5 Å². The van der Waals surface area contributed by atoms with Gasteiger partial charge in [0.2, 0.25) is 10.0 Å². The highest BCUT2D eigenvalue weighted by Gasteiger charge is 2.13. The molecule has 0 bridgehead atoms. The third kappa shape index (κ3) is 6.43. The second-order valence-corrected chi connectivity index (χ2v) is 6.27. The fourth-order valence-electron chi connectivity index (χ4n) is 1.44. The molecule has 21 heavy (non-hydrogen) atoms. The van der Waals surface area contributed by atoms with Gasteiger partial charge >= 0.3 is 12.0 Å². The van der Waals surface area contributed by atoms with Crippen molar-refractivity contribution >= 4 is 39.3 Å². The second kappa shape index (κ2) is 7.25. The van der Waals surface area contributed by atoms with Crippen molar-refractivity contribution in [3.05, 3.63) is 28.8 Å². The molecule has 2 amide bonds. The minimum Gasteiger partial charge on any atom is -0.478 e. The van der Waals surface area contributed by atoms with Crippen LogP contribution in [0, 0.1) is 0 Å². The number of carbonyl (C=O) groups is 2. The Morgan fingerprint density at radius 2 is 2.00 bits per heavy atom. The Hall–Kier alpha value is -1.84. The monoisotopic (exact) mass is 335 g/mol. The van der Waals surface area contributed by atoms with Crippen molar-refractivity contribution in [1.29, 1.82) is 0 Å². The SMILES string of the molecule is NS(=O)(=O)CCCNC(=O)Nc1ccc(Cl)cc1C(=O)O. The highest BCUT2D eigenvalue weighted by Crippen LogP contribution is 2.20. The summed E-state index contributed by atoms with van der Waals surface area (Å²) >= 11 is 5.68. The number of aromatic carboxylic acids is 1. The van der Waals surface area contributed by atoms with Crippen LogP contribution in [0.2, 0.25) is 5.02 Å². The molecular weight excluding hydrogens is 322 g/mol. The first-order chi connectivity index (χ1) is 9.69. The summed E-state index contributed by atoms with van der Waals surface area (Å²) in [6, 6.07) is 3.34. The lowest BCUT2D eigenvalue weighted by atomic mass is 10.2. The van der Waals surface area contributed by atoms with Crippen LogP contribution in [-0.2, 0) is 10.0 Å². The fourth-order valence-corrected chi connectivity index (χ4v) is 2.16. The Morgan fingerprint density at radius 3 is 2.57 bits per heavy atom. The summed E-state index contributed by atoms with van der Waals surface area (Å²) in [5.41, 5.74) is -0.0713. The van der Waals surface area contributed by atoms with Gasteiger partial charge in [0, 0.05) is 11.6 Å².